The molecule has 1 aliphatic heterocycles. The number of rotatable bonds is 3. The molecule has 1 N–H and O–H groups in total. The van der Waals surface area contributed by atoms with Crippen molar-refractivity contribution in [3.8, 4) is 0 Å². The molecule has 0 bridgehead atoms. The number of hydrogen-bond acceptors (Lipinski definition) is 4. The minimum absolute atomic E-state index is 0.178. The van der Waals surface area contributed by atoms with Crippen LogP contribution in [0, 0.1) is 0 Å². The van der Waals surface area contributed by atoms with Gasteiger partial charge in [-0.2, -0.15) is 0 Å². The van der Waals surface area contributed by atoms with E-state index in [1.54, 1.807) is 20.8 Å². The molecular weight excluding hydrogens is 276 g/mol. The van der Waals surface area contributed by atoms with Crippen LogP contribution in [0.1, 0.15) is 26.3 Å². The lowest BCUT2D eigenvalue weighted by molar-refractivity contribution is -0.120. The van der Waals surface area contributed by atoms with E-state index in [2.05, 4.69) is 9.71 Å². The molecule has 0 radical (unpaired) electrons. The molecule has 0 aliphatic carbocycles. The van der Waals surface area contributed by atoms with Gasteiger partial charge in [-0.3, -0.25) is 9.52 Å². The Balaban J connectivity index is 2.04. The Labute approximate surface area is 121 Å². The zero-order chi connectivity index (χ0) is 14.8. The van der Waals surface area contributed by atoms with Crippen molar-refractivity contribution in [2.75, 3.05) is 6.61 Å². The molecule has 1 heterocycles. The third-order valence-electron chi connectivity index (χ3n) is 2.72. The highest BCUT2D eigenvalue weighted by Crippen LogP contribution is 2.14. The smallest absolute Gasteiger partial charge is 0.260 e. The number of carbonyl (C=O) groups is 1. The number of aliphatic imine (C=N–C) groups is 1. The summed E-state index contributed by atoms with van der Waals surface area (Å²) in [5.41, 5.74) is 0.833. The summed E-state index contributed by atoms with van der Waals surface area (Å²) in [4.78, 5) is 16.2. The van der Waals surface area contributed by atoms with Gasteiger partial charge in [0.15, 0.2) is 6.04 Å². The normalized spacial score (nSPS) is 19.9. The van der Waals surface area contributed by atoms with Crippen LogP contribution in [0.3, 0.4) is 0 Å². The van der Waals surface area contributed by atoms with Crippen molar-refractivity contribution in [2.45, 2.75) is 31.6 Å². The fourth-order valence-electron chi connectivity index (χ4n) is 1.56. The standard InChI is InChI=1S/C14H18N2O3S/c1-14(2,3)20(18)16-12(17)11-9-19-13(15-11)10-7-5-4-6-8-10/h4-8,11H,9H2,1-3H3,(H,16,17)/t11-,20+/m0/s1. The van der Waals surface area contributed by atoms with Crippen LogP contribution in [-0.2, 0) is 20.5 Å². The lowest BCUT2D eigenvalue weighted by atomic mass is 10.2. The SMILES string of the molecule is CC(C)(C)[S@@](=O)NC(=O)[C@@H]1COC(c2ccccc2)=N1. The number of nitrogens with zero attached hydrogens (tertiary/aromatic N) is 1. The topological polar surface area (TPSA) is 67.8 Å². The zero-order valence-electron chi connectivity index (χ0n) is 11.8. The molecule has 5 nitrogen and oxygen atoms in total. The maximum Gasteiger partial charge on any atom is 0.260 e. The Hall–Kier alpha value is -1.69. The number of ether oxygens (including phenoxy) is 1. The van der Waals surface area contributed by atoms with Crippen molar-refractivity contribution < 1.29 is 13.7 Å². The second kappa shape index (κ2) is 5.75. The molecule has 1 aromatic rings. The molecule has 108 valence electrons. The predicted octanol–water partition coefficient (Wildman–Crippen LogP) is 1.41. The second-order valence-electron chi connectivity index (χ2n) is 5.47. The summed E-state index contributed by atoms with van der Waals surface area (Å²) < 4.78 is 19.3. The molecule has 0 spiro atoms. The van der Waals surface area contributed by atoms with Crippen LogP contribution in [0.15, 0.2) is 35.3 Å². The molecule has 1 amide bonds. The van der Waals surface area contributed by atoms with Gasteiger partial charge in [-0.15, -0.1) is 0 Å². The molecule has 0 aromatic heterocycles. The molecule has 6 heteroatoms. The number of hydrogen-bond donors (Lipinski definition) is 1. The minimum Gasteiger partial charge on any atom is -0.475 e. The van der Waals surface area contributed by atoms with E-state index in [1.165, 1.54) is 0 Å². The van der Waals surface area contributed by atoms with Crippen LogP contribution in [0.2, 0.25) is 0 Å². The quantitative estimate of drug-likeness (QED) is 0.916. The highest BCUT2D eigenvalue weighted by molar-refractivity contribution is 7.85. The number of amides is 1. The van der Waals surface area contributed by atoms with Crippen LogP contribution < -0.4 is 4.72 Å². The van der Waals surface area contributed by atoms with Crippen molar-refractivity contribution in [1.82, 2.24) is 4.72 Å². The monoisotopic (exact) mass is 294 g/mol. The highest BCUT2D eigenvalue weighted by Gasteiger charge is 2.30. The van der Waals surface area contributed by atoms with Gasteiger partial charge >= 0.3 is 0 Å². The van der Waals surface area contributed by atoms with Gasteiger partial charge < -0.3 is 4.74 Å². The van der Waals surface area contributed by atoms with E-state index in [0.29, 0.717) is 5.90 Å². The summed E-state index contributed by atoms with van der Waals surface area (Å²) in [7, 11) is -1.44. The molecule has 1 aromatic carbocycles. The first kappa shape index (κ1) is 14.7. The minimum atomic E-state index is -1.44. The summed E-state index contributed by atoms with van der Waals surface area (Å²) in [6.45, 7) is 5.57. The largest absolute Gasteiger partial charge is 0.475 e. The third-order valence-corrected chi connectivity index (χ3v) is 4.22. The summed E-state index contributed by atoms with van der Waals surface area (Å²) in [6, 6.07) is 8.75. The van der Waals surface area contributed by atoms with Gasteiger partial charge in [0.05, 0.1) is 4.75 Å². The molecule has 0 fully saturated rings. The van der Waals surface area contributed by atoms with E-state index < -0.39 is 21.8 Å². The van der Waals surface area contributed by atoms with Gasteiger partial charge in [0.25, 0.3) is 5.91 Å². The van der Waals surface area contributed by atoms with E-state index in [0.717, 1.165) is 5.56 Å². The average Bonchev–Trinajstić information content (AvgIpc) is 2.88. The molecule has 0 unspecified atom stereocenters. The van der Waals surface area contributed by atoms with Crippen molar-refractivity contribution in [3.63, 3.8) is 0 Å². The predicted molar refractivity (Wildman–Crippen MR) is 78.8 cm³/mol. The van der Waals surface area contributed by atoms with E-state index >= 15 is 0 Å². The number of nitrogens with one attached hydrogen (secondary N) is 1. The maximum atomic E-state index is 12.0. The van der Waals surface area contributed by atoms with Crippen molar-refractivity contribution >= 4 is 22.8 Å². The summed E-state index contributed by atoms with van der Waals surface area (Å²) in [5, 5.41) is 0. The lowest BCUT2D eigenvalue weighted by Gasteiger charge is -2.18. The average molecular weight is 294 g/mol. The Kier molecular flexibility index (Phi) is 4.23. The highest BCUT2D eigenvalue weighted by atomic mass is 32.2. The van der Waals surface area contributed by atoms with Gasteiger partial charge in [0.1, 0.15) is 17.6 Å². The van der Waals surface area contributed by atoms with Crippen molar-refractivity contribution in [3.05, 3.63) is 35.9 Å². The Morgan fingerprint density at radius 2 is 2.00 bits per heavy atom. The molecule has 0 saturated heterocycles. The number of benzene rings is 1. The Morgan fingerprint density at radius 1 is 1.35 bits per heavy atom. The molecule has 1 aliphatic rings. The van der Waals surface area contributed by atoms with E-state index in [-0.39, 0.29) is 12.5 Å². The molecule has 2 atom stereocenters. The molecular formula is C14H18N2O3S. The van der Waals surface area contributed by atoms with Crippen molar-refractivity contribution in [2.24, 2.45) is 4.99 Å². The van der Waals surface area contributed by atoms with Crippen LogP contribution >= 0.6 is 0 Å². The van der Waals surface area contributed by atoms with Gasteiger partial charge in [-0.1, -0.05) is 18.2 Å². The van der Waals surface area contributed by atoms with E-state index in [4.69, 9.17) is 4.74 Å². The van der Waals surface area contributed by atoms with Crippen LogP contribution in [0.4, 0.5) is 0 Å². The zero-order valence-corrected chi connectivity index (χ0v) is 12.6. The summed E-state index contributed by atoms with van der Waals surface area (Å²) in [5.74, 6) is 0.0801. The van der Waals surface area contributed by atoms with Gasteiger partial charge in [-0.05, 0) is 32.9 Å². The van der Waals surface area contributed by atoms with Gasteiger partial charge in [0, 0.05) is 5.56 Å². The fourth-order valence-corrected chi connectivity index (χ4v) is 2.18. The fraction of sp³-hybridized carbons (Fsp3) is 0.429. The Morgan fingerprint density at radius 3 is 2.60 bits per heavy atom. The number of carbonyl (C=O) groups excluding carboxylic acids is 1. The van der Waals surface area contributed by atoms with Gasteiger partial charge in [0.2, 0.25) is 5.90 Å². The summed E-state index contributed by atoms with van der Waals surface area (Å²) in [6.07, 6.45) is 0. The van der Waals surface area contributed by atoms with Crippen LogP contribution in [-0.4, -0.2) is 33.4 Å². The first-order chi connectivity index (χ1) is 9.38. The third kappa shape index (κ3) is 3.45. The van der Waals surface area contributed by atoms with E-state index in [9.17, 15) is 9.00 Å². The maximum absolute atomic E-state index is 12.0. The Bertz CT molecular complexity index is 549. The molecule has 0 saturated carbocycles. The lowest BCUT2D eigenvalue weighted by Crippen LogP contribution is -2.42. The van der Waals surface area contributed by atoms with Gasteiger partial charge in [-0.25, -0.2) is 9.20 Å². The van der Waals surface area contributed by atoms with Crippen LogP contribution in [0.5, 0.6) is 0 Å². The first-order valence-electron chi connectivity index (χ1n) is 6.36. The van der Waals surface area contributed by atoms with Crippen molar-refractivity contribution in [1.29, 1.82) is 0 Å². The molecule has 2 rings (SSSR count). The molecule has 20 heavy (non-hydrogen) atoms. The summed E-state index contributed by atoms with van der Waals surface area (Å²) >= 11 is 0. The first-order valence-corrected chi connectivity index (χ1v) is 7.51. The second-order valence-corrected chi connectivity index (χ2v) is 7.44. The van der Waals surface area contributed by atoms with E-state index in [1.807, 2.05) is 30.3 Å². The van der Waals surface area contributed by atoms with Crippen LogP contribution in [0.25, 0.3) is 0 Å².